The van der Waals surface area contributed by atoms with E-state index in [0.717, 1.165) is 23.4 Å². The Bertz CT molecular complexity index is 1330. The quantitative estimate of drug-likeness (QED) is 0.199. The first-order chi connectivity index (χ1) is 18.9. The number of carbonyl (C=O) groups is 1. The van der Waals surface area contributed by atoms with Crippen LogP contribution >= 0.6 is 0 Å². The number of ether oxygens (including phenoxy) is 1. The van der Waals surface area contributed by atoms with Gasteiger partial charge in [0.2, 0.25) is 5.95 Å². The molecule has 2 aromatic carbocycles. The second-order valence-electron chi connectivity index (χ2n) is 8.68. The molecule has 3 aromatic rings. The average Bonchev–Trinajstić information content (AvgIpc) is 2.86. The van der Waals surface area contributed by atoms with Crippen LogP contribution in [0.1, 0.15) is 40.7 Å². The van der Waals surface area contributed by atoms with Crippen LogP contribution in [0.3, 0.4) is 0 Å². The van der Waals surface area contributed by atoms with Gasteiger partial charge in [-0.1, -0.05) is 0 Å². The van der Waals surface area contributed by atoms with Gasteiger partial charge in [-0.05, 0) is 48.4 Å². The maximum Gasteiger partial charge on any atom is 0.416 e. The number of aliphatic carboxylic acids is 1. The van der Waals surface area contributed by atoms with Crippen LogP contribution in [0, 0.1) is 0 Å². The van der Waals surface area contributed by atoms with Crippen LogP contribution in [0.15, 0.2) is 48.8 Å². The lowest BCUT2D eigenvalue weighted by Crippen LogP contribution is -2.25. The van der Waals surface area contributed by atoms with Crippen molar-refractivity contribution in [2.75, 3.05) is 11.5 Å². The molecule has 41 heavy (non-hydrogen) atoms. The largest absolute Gasteiger partial charge is 0.508 e. The second kappa shape index (κ2) is 12.1. The lowest BCUT2D eigenvalue weighted by atomic mass is 10.0. The molecular formula is C25H20F9N3O4. The molecule has 2 N–H and O–H groups in total. The van der Waals surface area contributed by atoms with Crippen LogP contribution in [-0.2, 0) is 36.4 Å². The standard InChI is InChI=1S/C25H20F9N3O4/c26-23(27,28)16-3-4-20(38)15(8-16)13-37(22-35-10-19(11-36-22)41-5-1-2-21(39)40)12-14-6-17(24(29,30)31)9-18(7-14)25(32,33)34/h3-4,6-11,38H,1-2,5,12-13H2,(H,39,40). The molecule has 0 amide bonds. The van der Waals surface area contributed by atoms with E-state index in [1.807, 2.05) is 0 Å². The summed E-state index contributed by atoms with van der Waals surface area (Å²) in [5.74, 6) is -1.97. The van der Waals surface area contributed by atoms with Crippen LogP contribution in [-0.4, -0.2) is 32.8 Å². The average molecular weight is 597 g/mol. The summed E-state index contributed by atoms with van der Waals surface area (Å²) in [5.41, 5.74) is -5.24. The first kappa shape index (κ1) is 31.3. The van der Waals surface area contributed by atoms with Crippen molar-refractivity contribution < 1.29 is 59.3 Å². The highest BCUT2D eigenvalue weighted by molar-refractivity contribution is 5.66. The molecule has 222 valence electrons. The van der Waals surface area contributed by atoms with Gasteiger partial charge in [-0.15, -0.1) is 0 Å². The van der Waals surface area contributed by atoms with Crippen LogP contribution in [0.25, 0.3) is 0 Å². The molecule has 0 radical (unpaired) electrons. The zero-order valence-corrected chi connectivity index (χ0v) is 20.6. The minimum absolute atomic E-state index is 0.0404. The monoisotopic (exact) mass is 597 g/mol. The molecule has 0 unspecified atom stereocenters. The highest BCUT2D eigenvalue weighted by atomic mass is 19.4. The molecule has 0 bridgehead atoms. The van der Waals surface area contributed by atoms with Crippen molar-refractivity contribution in [2.24, 2.45) is 0 Å². The van der Waals surface area contributed by atoms with E-state index in [1.54, 1.807) is 0 Å². The molecule has 1 heterocycles. The fraction of sp³-hybridized carbons (Fsp3) is 0.320. The van der Waals surface area contributed by atoms with E-state index >= 15 is 0 Å². The van der Waals surface area contributed by atoms with E-state index in [0.29, 0.717) is 24.3 Å². The number of phenols is 1. The van der Waals surface area contributed by atoms with Gasteiger partial charge in [0.05, 0.1) is 35.7 Å². The van der Waals surface area contributed by atoms with E-state index < -0.39 is 65.6 Å². The van der Waals surface area contributed by atoms with Crippen molar-refractivity contribution >= 4 is 11.9 Å². The molecule has 3 rings (SSSR count). The van der Waals surface area contributed by atoms with Crippen LogP contribution < -0.4 is 9.64 Å². The highest BCUT2D eigenvalue weighted by Crippen LogP contribution is 2.37. The molecule has 0 aliphatic carbocycles. The molecule has 0 spiro atoms. The Morgan fingerprint density at radius 1 is 0.805 bits per heavy atom. The Kier molecular flexibility index (Phi) is 9.23. The van der Waals surface area contributed by atoms with Crippen molar-refractivity contribution in [3.05, 3.63) is 76.6 Å². The van der Waals surface area contributed by atoms with Gasteiger partial charge in [-0.2, -0.15) is 39.5 Å². The van der Waals surface area contributed by atoms with E-state index in [1.165, 1.54) is 0 Å². The predicted molar refractivity (Wildman–Crippen MR) is 124 cm³/mol. The molecule has 1 aromatic heterocycles. The first-order valence-corrected chi connectivity index (χ1v) is 11.5. The summed E-state index contributed by atoms with van der Waals surface area (Å²) in [6, 6.07) is 2.76. The minimum atomic E-state index is -5.14. The number of halogens is 9. The number of hydrogen-bond donors (Lipinski definition) is 2. The molecular weight excluding hydrogens is 577 g/mol. The zero-order chi connectivity index (χ0) is 30.6. The fourth-order valence-electron chi connectivity index (χ4n) is 3.58. The van der Waals surface area contributed by atoms with Gasteiger partial charge >= 0.3 is 24.5 Å². The topological polar surface area (TPSA) is 95.8 Å². The maximum atomic E-state index is 13.4. The molecule has 0 atom stereocenters. The number of aromatic nitrogens is 2. The van der Waals surface area contributed by atoms with Gasteiger partial charge in [-0.25, -0.2) is 9.97 Å². The van der Waals surface area contributed by atoms with Crippen molar-refractivity contribution in [1.82, 2.24) is 9.97 Å². The number of aromatic hydroxyl groups is 1. The summed E-state index contributed by atoms with van der Waals surface area (Å²) < 4.78 is 125. The third kappa shape index (κ3) is 8.88. The lowest BCUT2D eigenvalue weighted by Gasteiger charge is -2.25. The number of nitrogens with zero attached hydrogens (tertiary/aromatic N) is 3. The van der Waals surface area contributed by atoms with Crippen molar-refractivity contribution in [3.63, 3.8) is 0 Å². The zero-order valence-electron chi connectivity index (χ0n) is 20.6. The van der Waals surface area contributed by atoms with E-state index in [4.69, 9.17) is 9.84 Å². The number of alkyl halides is 9. The Morgan fingerprint density at radius 2 is 1.37 bits per heavy atom. The third-order valence-electron chi connectivity index (χ3n) is 5.49. The number of rotatable bonds is 10. The summed E-state index contributed by atoms with van der Waals surface area (Å²) >= 11 is 0. The van der Waals surface area contributed by atoms with E-state index in [-0.39, 0.29) is 42.8 Å². The van der Waals surface area contributed by atoms with Gasteiger partial charge in [0, 0.05) is 25.1 Å². The first-order valence-electron chi connectivity index (χ1n) is 11.5. The lowest BCUT2D eigenvalue weighted by molar-refractivity contribution is -0.143. The number of phenolic OH excluding ortho intramolecular Hbond substituents is 1. The molecule has 0 aliphatic heterocycles. The highest BCUT2D eigenvalue weighted by Gasteiger charge is 2.37. The molecule has 0 saturated heterocycles. The molecule has 0 saturated carbocycles. The Hall–Kier alpha value is -4.24. The summed E-state index contributed by atoms with van der Waals surface area (Å²) in [7, 11) is 0. The normalized spacial score (nSPS) is 12.3. The van der Waals surface area contributed by atoms with Gasteiger partial charge in [0.15, 0.2) is 5.75 Å². The number of anilines is 1. The van der Waals surface area contributed by atoms with E-state index in [2.05, 4.69) is 9.97 Å². The third-order valence-corrected chi connectivity index (χ3v) is 5.49. The fourth-order valence-corrected chi connectivity index (χ4v) is 3.58. The van der Waals surface area contributed by atoms with Crippen molar-refractivity contribution in [2.45, 2.75) is 44.5 Å². The van der Waals surface area contributed by atoms with Crippen LogP contribution in [0.2, 0.25) is 0 Å². The minimum Gasteiger partial charge on any atom is -0.508 e. The van der Waals surface area contributed by atoms with Crippen LogP contribution in [0.4, 0.5) is 45.5 Å². The number of carboxylic acids is 1. The SMILES string of the molecule is O=C(O)CCCOc1cnc(N(Cc2cc(C(F)(F)F)cc(C(F)(F)F)c2)Cc2cc(C(F)(F)F)ccc2O)nc1. The van der Waals surface area contributed by atoms with Crippen molar-refractivity contribution in [1.29, 1.82) is 0 Å². The predicted octanol–water partition coefficient (Wildman–Crippen LogP) is 6.69. The Morgan fingerprint density at radius 3 is 1.88 bits per heavy atom. The maximum absolute atomic E-state index is 13.4. The van der Waals surface area contributed by atoms with Gasteiger partial charge in [0.25, 0.3) is 0 Å². The second-order valence-corrected chi connectivity index (χ2v) is 8.68. The molecule has 16 heteroatoms. The van der Waals surface area contributed by atoms with Gasteiger partial charge < -0.3 is 19.8 Å². The Labute approximate surface area is 225 Å². The van der Waals surface area contributed by atoms with E-state index in [9.17, 15) is 49.4 Å². The summed E-state index contributed by atoms with van der Waals surface area (Å²) in [4.78, 5) is 19.5. The number of hydrogen-bond acceptors (Lipinski definition) is 6. The summed E-state index contributed by atoms with van der Waals surface area (Å²) in [5, 5.41) is 18.8. The number of carboxylic acid groups (broad SMARTS) is 1. The smallest absolute Gasteiger partial charge is 0.416 e. The molecule has 0 fully saturated rings. The summed E-state index contributed by atoms with van der Waals surface area (Å²) in [6.07, 6.45) is -13.0. The molecule has 0 aliphatic rings. The van der Waals surface area contributed by atoms with Crippen molar-refractivity contribution in [3.8, 4) is 11.5 Å². The van der Waals surface area contributed by atoms with Gasteiger partial charge in [0.1, 0.15) is 5.75 Å². The van der Waals surface area contributed by atoms with Gasteiger partial charge in [-0.3, -0.25) is 4.79 Å². The molecule has 7 nitrogen and oxygen atoms in total. The Balaban J connectivity index is 2.00. The number of benzene rings is 2. The summed E-state index contributed by atoms with van der Waals surface area (Å²) in [6.45, 7) is -1.42. The van der Waals surface area contributed by atoms with Crippen LogP contribution in [0.5, 0.6) is 11.5 Å².